The minimum atomic E-state index is 0. The molecule has 0 saturated carbocycles. The number of hydrogen-bond donors (Lipinski definition) is 0. The number of unbranched alkanes of at least 4 members (excludes halogenated alkanes) is 11. The molecule has 0 aromatic carbocycles. The Morgan fingerprint density at radius 2 is 0.761 bits per heavy atom. The fourth-order valence-electron chi connectivity index (χ4n) is 5.59. The van der Waals surface area contributed by atoms with Gasteiger partial charge in [0, 0.05) is 63.3 Å². The van der Waals surface area contributed by atoms with Gasteiger partial charge >= 0.3 is 0 Å². The van der Waals surface area contributed by atoms with Crippen LogP contribution in [0.4, 0.5) is 0 Å². The maximum atomic E-state index is 13.4. The third kappa shape index (κ3) is 17.9. The molecule has 0 unspecified atom stereocenters. The van der Waals surface area contributed by atoms with Crippen LogP contribution in [0.15, 0.2) is 49.1 Å². The van der Waals surface area contributed by atoms with Crippen LogP contribution in [0.5, 0.6) is 0 Å². The summed E-state index contributed by atoms with van der Waals surface area (Å²) < 4.78 is 4.39. The van der Waals surface area contributed by atoms with Gasteiger partial charge in [0.25, 0.3) is 11.8 Å². The normalized spacial score (nSPS) is 10.6. The topological polar surface area (TPSA) is 48.4 Å². The van der Waals surface area contributed by atoms with E-state index in [9.17, 15) is 9.59 Å². The molecule has 0 fully saturated rings. The molecule has 2 heterocycles. The van der Waals surface area contributed by atoms with Gasteiger partial charge in [-0.25, -0.2) is 9.13 Å². The van der Waals surface area contributed by atoms with E-state index >= 15 is 0 Å². The molecule has 2 rings (SSSR count). The lowest BCUT2D eigenvalue weighted by Crippen LogP contribution is -3.00. The summed E-state index contributed by atoms with van der Waals surface area (Å²) in [5.74, 6) is 0.302. The Hall–Kier alpha value is -1.80. The van der Waals surface area contributed by atoms with Crippen LogP contribution in [-0.4, -0.2) is 47.8 Å². The number of pyridine rings is 2. The van der Waals surface area contributed by atoms with Crippen LogP contribution in [0, 0.1) is 0 Å². The molecule has 2 aromatic heterocycles. The van der Waals surface area contributed by atoms with Gasteiger partial charge in [-0.2, -0.15) is 0 Å². The second kappa shape index (κ2) is 28.2. The van der Waals surface area contributed by atoms with E-state index in [1.165, 1.54) is 51.4 Å². The monoisotopic (exact) mass is 766 g/mol. The molecule has 0 bridgehead atoms. The van der Waals surface area contributed by atoms with E-state index in [0.29, 0.717) is 0 Å². The molecule has 0 aliphatic heterocycles. The maximum absolute atomic E-state index is 13.4. The van der Waals surface area contributed by atoms with Crippen molar-refractivity contribution in [3.8, 4) is 0 Å². The van der Waals surface area contributed by atoms with Crippen molar-refractivity contribution in [1.82, 2.24) is 9.80 Å². The third-order valence-electron chi connectivity index (χ3n) is 8.56. The van der Waals surface area contributed by atoms with E-state index in [-0.39, 0.29) is 45.8 Å². The Morgan fingerprint density at radius 1 is 0.457 bits per heavy atom. The van der Waals surface area contributed by atoms with Gasteiger partial charge in [0.05, 0.1) is 11.1 Å². The van der Waals surface area contributed by atoms with Gasteiger partial charge in [-0.1, -0.05) is 79.1 Å². The Labute approximate surface area is 302 Å². The standard InChI is InChI=1S/C38H64N4O2.2BrH/c1-5-9-13-17-25-39-31-21-35(22-32-39)37(43)41(27-11-7-3)29-19-15-16-20-30-42(28-12-8-4)38(44)36-23-33-40(34-24-36)26-18-14-10-6-2;;/h21-24,31-34H,5-20,25-30H2,1-4H3;2*1H/q+2;;/p-2. The van der Waals surface area contributed by atoms with Gasteiger partial charge in [0.15, 0.2) is 24.8 Å². The number of rotatable bonds is 25. The summed E-state index contributed by atoms with van der Waals surface area (Å²) in [6.07, 6.45) is 26.6. The van der Waals surface area contributed by atoms with Crippen LogP contribution >= 0.6 is 0 Å². The van der Waals surface area contributed by atoms with Gasteiger partial charge in [-0.15, -0.1) is 0 Å². The summed E-state index contributed by atoms with van der Waals surface area (Å²) in [5.41, 5.74) is 1.58. The molecule has 0 saturated heterocycles. The zero-order valence-corrected chi connectivity index (χ0v) is 32.7. The highest BCUT2D eigenvalue weighted by Crippen LogP contribution is 2.12. The van der Waals surface area contributed by atoms with Crippen LogP contribution in [-0.2, 0) is 13.1 Å². The van der Waals surface area contributed by atoms with Gasteiger partial charge in [-0.05, 0) is 38.5 Å². The van der Waals surface area contributed by atoms with E-state index in [1.54, 1.807) is 0 Å². The minimum Gasteiger partial charge on any atom is -1.00 e. The SMILES string of the molecule is CCCCCC[n+]1ccc(C(=O)N(CCCC)CCCCCCN(CCCC)C(=O)c2cc[n+](CCCCCC)cc2)cc1.[Br-].[Br-]. The number of amides is 2. The predicted molar refractivity (Wildman–Crippen MR) is 182 cm³/mol. The molecule has 0 atom stereocenters. The number of aromatic nitrogens is 2. The van der Waals surface area contributed by atoms with Crippen molar-refractivity contribution >= 4 is 11.8 Å². The molecule has 0 N–H and O–H groups in total. The molecule has 0 radical (unpaired) electrons. The van der Waals surface area contributed by atoms with Gasteiger partial charge < -0.3 is 43.8 Å². The van der Waals surface area contributed by atoms with Crippen molar-refractivity contribution in [3.05, 3.63) is 60.2 Å². The smallest absolute Gasteiger partial charge is 0.254 e. The second-order valence-corrected chi connectivity index (χ2v) is 12.5. The highest BCUT2D eigenvalue weighted by atomic mass is 79.9. The molecular weight excluding hydrogens is 704 g/mol. The molecule has 8 heteroatoms. The lowest BCUT2D eigenvalue weighted by Gasteiger charge is -2.23. The lowest BCUT2D eigenvalue weighted by molar-refractivity contribution is -0.697. The van der Waals surface area contributed by atoms with Crippen LogP contribution in [0.1, 0.15) is 151 Å². The molecule has 46 heavy (non-hydrogen) atoms. The number of aryl methyl sites for hydroxylation is 2. The molecule has 2 aromatic rings. The van der Waals surface area contributed by atoms with Crippen LogP contribution in [0.2, 0.25) is 0 Å². The number of hydrogen-bond acceptors (Lipinski definition) is 2. The summed E-state index contributed by atoms with van der Waals surface area (Å²) in [6.45, 7) is 14.1. The van der Waals surface area contributed by atoms with Crippen molar-refractivity contribution in [3.63, 3.8) is 0 Å². The van der Waals surface area contributed by atoms with E-state index in [1.807, 2.05) is 34.1 Å². The first-order valence-corrected chi connectivity index (χ1v) is 18.1. The fourth-order valence-corrected chi connectivity index (χ4v) is 5.59. The summed E-state index contributed by atoms with van der Waals surface area (Å²) in [5, 5.41) is 0. The summed E-state index contributed by atoms with van der Waals surface area (Å²) in [4.78, 5) is 30.8. The Kier molecular flexibility index (Phi) is 27.1. The van der Waals surface area contributed by atoms with E-state index in [4.69, 9.17) is 0 Å². The Bertz CT molecular complexity index is 951. The van der Waals surface area contributed by atoms with E-state index < -0.39 is 0 Å². The summed E-state index contributed by atoms with van der Waals surface area (Å²) in [7, 11) is 0. The van der Waals surface area contributed by atoms with Gasteiger partial charge in [0.1, 0.15) is 13.1 Å². The van der Waals surface area contributed by atoms with Gasteiger partial charge in [-0.3, -0.25) is 9.59 Å². The molecule has 0 spiro atoms. The molecule has 6 nitrogen and oxygen atoms in total. The average Bonchev–Trinajstić information content (AvgIpc) is 3.05. The summed E-state index contributed by atoms with van der Waals surface area (Å²) >= 11 is 0. The number of halogens is 2. The van der Waals surface area contributed by atoms with E-state index in [0.717, 1.165) is 102 Å². The van der Waals surface area contributed by atoms with Crippen LogP contribution < -0.4 is 43.1 Å². The van der Waals surface area contributed by atoms with Crippen LogP contribution in [0.3, 0.4) is 0 Å². The van der Waals surface area contributed by atoms with Crippen molar-refractivity contribution in [2.45, 2.75) is 144 Å². The van der Waals surface area contributed by atoms with E-state index in [2.05, 4.69) is 61.6 Å². The Balaban J connectivity index is 0.0000101. The quantitative estimate of drug-likeness (QED) is 0.115. The highest BCUT2D eigenvalue weighted by molar-refractivity contribution is 5.94. The maximum Gasteiger partial charge on any atom is 0.254 e. The first kappa shape index (κ1) is 44.2. The molecule has 262 valence electrons. The first-order chi connectivity index (χ1) is 21.5. The number of carbonyl (C=O) groups excluding carboxylic acids is 2. The zero-order valence-electron chi connectivity index (χ0n) is 29.5. The van der Waals surface area contributed by atoms with Crippen molar-refractivity contribution < 1.29 is 52.7 Å². The first-order valence-electron chi connectivity index (χ1n) is 18.1. The average molecular weight is 769 g/mol. The third-order valence-corrected chi connectivity index (χ3v) is 8.56. The fraction of sp³-hybridized carbons (Fsp3) is 0.684. The van der Waals surface area contributed by atoms with Crippen molar-refractivity contribution in [1.29, 1.82) is 0 Å². The molecular formula is C38H64Br2N4O2. The second-order valence-electron chi connectivity index (χ2n) is 12.5. The number of nitrogens with zero attached hydrogens (tertiary/aromatic N) is 4. The molecule has 0 aliphatic carbocycles. The van der Waals surface area contributed by atoms with Crippen LogP contribution in [0.25, 0.3) is 0 Å². The van der Waals surface area contributed by atoms with Crippen molar-refractivity contribution in [2.24, 2.45) is 0 Å². The number of carbonyl (C=O) groups is 2. The minimum absolute atomic E-state index is 0. The highest BCUT2D eigenvalue weighted by Gasteiger charge is 2.18. The largest absolute Gasteiger partial charge is 1.00 e. The van der Waals surface area contributed by atoms with Gasteiger partial charge in [0.2, 0.25) is 0 Å². The zero-order chi connectivity index (χ0) is 31.8. The lowest BCUT2D eigenvalue weighted by atomic mass is 10.1. The molecule has 2 amide bonds. The predicted octanol–water partition coefficient (Wildman–Crippen LogP) is 2.18. The van der Waals surface area contributed by atoms with Crippen molar-refractivity contribution in [2.75, 3.05) is 26.2 Å². The Morgan fingerprint density at radius 3 is 1.09 bits per heavy atom. The molecule has 0 aliphatic rings. The summed E-state index contributed by atoms with van der Waals surface area (Å²) in [6, 6.07) is 7.96.